The highest BCUT2D eigenvalue weighted by Crippen LogP contribution is 2.16. The van der Waals surface area contributed by atoms with Crippen molar-refractivity contribution < 1.29 is 4.74 Å². The average Bonchev–Trinajstić information content (AvgIpc) is 2.44. The smallest absolute Gasteiger partial charge is 0.119 e. The van der Waals surface area contributed by atoms with Crippen LogP contribution in [0.2, 0.25) is 0 Å². The van der Waals surface area contributed by atoms with E-state index in [1.165, 1.54) is 38.9 Å². The van der Waals surface area contributed by atoms with Crippen molar-refractivity contribution in [3.8, 4) is 5.75 Å². The first-order valence-corrected chi connectivity index (χ1v) is 8.16. The van der Waals surface area contributed by atoms with Crippen molar-refractivity contribution in [2.75, 3.05) is 26.2 Å². The van der Waals surface area contributed by atoms with E-state index < -0.39 is 0 Å². The van der Waals surface area contributed by atoms with Gasteiger partial charge in [-0.1, -0.05) is 42.6 Å². The van der Waals surface area contributed by atoms with Gasteiger partial charge in [-0.2, -0.15) is 0 Å². The average molecular weight is 328 g/mol. The second kappa shape index (κ2) is 10.3. The van der Waals surface area contributed by atoms with Crippen LogP contribution in [0.25, 0.3) is 0 Å². The van der Waals surface area contributed by atoms with Crippen molar-refractivity contribution in [2.24, 2.45) is 0 Å². The normalized spacial score (nSPS) is 10.9. The van der Waals surface area contributed by atoms with Gasteiger partial charge in [0.05, 0.1) is 6.61 Å². The van der Waals surface area contributed by atoms with Gasteiger partial charge in [-0.15, -0.1) is 0 Å². The van der Waals surface area contributed by atoms with Crippen LogP contribution in [0, 0.1) is 0 Å². The summed E-state index contributed by atoms with van der Waals surface area (Å²) in [5.41, 5.74) is 0. The lowest BCUT2D eigenvalue weighted by atomic mass is 10.2. The van der Waals surface area contributed by atoms with Crippen molar-refractivity contribution >= 4 is 15.9 Å². The zero-order chi connectivity index (χ0) is 13.9. The highest BCUT2D eigenvalue weighted by Gasteiger charge is 1.98. The Morgan fingerprint density at radius 3 is 2.21 bits per heavy atom. The molecule has 0 spiro atoms. The van der Waals surface area contributed by atoms with E-state index in [0.717, 1.165) is 23.2 Å². The van der Waals surface area contributed by atoms with Gasteiger partial charge in [0.1, 0.15) is 5.75 Å². The van der Waals surface area contributed by atoms with E-state index in [0.29, 0.717) is 0 Å². The van der Waals surface area contributed by atoms with Crippen LogP contribution in [0.5, 0.6) is 5.75 Å². The fourth-order valence-electron chi connectivity index (χ4n) is 2.05. The summed E-state index contributed by atoms with van der Waals surface area (Å²) in [5.74, 6) is 0.964. The van der Waals surface area contributed by atoms with Crippen molar-refractivity contribution in [3.63, 3.8) is 0 Å². The van der Waals surface area contributed by atoms with Gasteiger partial charge in [-0.3, -0.25) is 0 Å². The van der Waals surface area contributed by atoms with Crippen LogP contribution in [-0.2, 0) is 0 Å². The Kier molecular flexibility index (Phi) is 8.93. The number of halogens is 1. The molecule has 0 atom stereocenters. The maximum absolute atomic E-state index is 5.70. The van der Waals surface area contributed by atoms with Crippen LogP contribution in [0.1, 0.15) is 39.5 Å². The van der Waals surface area contributed by atoms with Crippen LogP contribution in [0.3, 0.4) is 0 Å². The topological polar surface area (TPSA) is 12.5 Å². The second-order valence-corrected chi connectivity index (χ2v) is 5.66. The Morgan fingerprint density at radius 1 is 0.947 bits per heavy atom. The fraction of sp³-hybridized carbons (Fsp3) is 0.625. The molecule has 1 aromatic carbocycles. The third kappa shape index (κ3) is 7.58. The van der Waals surface area contributed by atoms with Gasteiger partial charge in [0.2, 0.25) is 0 Å². The Bertz CT molecular complexity index is 322. The first-order valence-electron chi connectivity index (χ1n) is 7.37. The van der Waals surface area contributed by atoms with Crippen LogP contribution >= 0.6 is 15.9 Å². The molecule has 0 N–H and O–H groups in total. The molecule has 19 heavy (non-hydrogen) atoms. The third-order valence-electron chi connectivity index (χ3n) is 3.35. The molecule has 0 aliphatic heterocycles. The van der Waals surface area contributed by atoms with Gasteiger partial charge in [-0.05, 0) is 56.7 Å². The lowest BCUT2D eigenvalue weighted by Gasteiger charge is -2.17. The zero-order valence-corrected chi connectivity index (χ0v) is 13.8. The molecule has 1 rings (SSSR count). The van der Waals surface area contributed by atoms with Crippen LogP contribution in [0.4, 0.5) is 0 Å². The minimum absolute atomic E-state index is 0.826. The molecule has 3 heteroatoms. The van der Waals surface area contributed by atoms with Gasteiger partial charge < -0.3 is 9.64 Å². The SMILES string of the molecule is CCN(CC)CCCCCCOc1ccc(Br)cc1. The maximum Gasteiger partial charge on any atom is 0.119 e. The third-order valence-corrected chi connectivity index (χ3v) is 3.87. The van der Waals surface area contributed by atoms with E-state index in [4.69, 9.17) is 4.74 Å². The second-order valence-electron chi connectivity index (χ2n) is 4.74. The molecule has 0 heterocycles. The first kappa shape index (κ1) is 16.5. The molecule has 0 radical (unpaired) electrons. The molecule has 0 aliphatic carbocycles. The highest BCUT2D eigenvalue weighted by atomic mass is 79.9. The van der Waals surface area contributed by atoms with Gasteiger partial charge in [0.15, 0.2) is 0 Å². The Balaban J connectivity index is 1.98. The van der Waals surface area contributed by atoms with Gasteiger partial charge >= 0.3 is 0 Å². The quantitative estimate of drug-likeness (QED) is 0.576. The van der Waals surface area contributed by atoms with E-state index in [9.17, 15) is 0 Å². The van der Waals surface area contributed by atoms with Gasteiger partial charge in [0.25, 0.3) is 0 Å². The molecule has 0 saturated carbocycles. The van der Waals surface area contributed by atoms with Gasteiger partial charge in [0, 0.05) is 4.47 Å². The minimum atomic E-state index is 0.826. The van der Waals surface area contributed by atoms with Crippen molar-refractivity contribution in [2.45, 2.75) is 39.5 Å². The number of unbranched alkanes of at least 4 members (excludes halogenated alkanes) is 3. The summed E-state index contributed by atoms with van der Waals surface area (Å²) >= 11 is 3.42. The molecule has 108 valence electrons. The fourth-order valence-corrected chi connectivity index (χ4v) is 2.32. The minimum Gasteiger partial charge on any atom is -0.494 e. The first-order chi connectivity index (χ1) is 9.26. The van der Waals surface area contributed by atoms with E-state index in [1.807, 2.05) is 24.3 Å². The summed E-state index contributed by atoms with van der Waals surface area (Å²) in [6, 6.07) is 8.04. The largest absolute Gasteiger partial charge is 0.494 e. The summed E-state index contributed by atoms with van der Waals surface area (Å²) in [4.78, 5) is 2.48. The number of hydrogen-bond acceptors (Lipinski definition) is 2. The number of rotatable bonds is 10. The molecule has 0 aliphatic rings. The molecule has 1 aromatic rings. The molecule has 0 bridgehead atoms. The van der Waals surface area contributed by atoms with Crippen LogP contribution in [-0.4, -0.2) is 31.1 Å². The summed E-state index contributed by atoms with van der Waals surface area (Å²) in [6.45, 7) is 8.87. The summed E-state index contributed by atoms with van der Waals surface area (Å²) < 4.78 is 6.79. The molecule has 2 nitrogen and oxygen atoms in total. The van der Waals surface area contributed by atoms with E-state index in [-0.39, 0.29) is 0 Å². The molecule has 0 saturated heterocycles. The van der Waals surface area contributed by atoms with E-state index >= 15 is 0 Å². The predicted octanol–water partition coefficient (Wildman–Crippen LogP) is 4.73. The van der Waals surface area contributed by atoms with E-state index in [1.54, 1.807) is 0 Å². The van der Waals surface area contributed by atoms with E-state index in [2.05, 4.69) is 34.7 Å². The maximum atomic E-state index is 5.70. The van der Waals surface area contributed by atoms with Crippen LogP contribution < -0.4 is 4.74 Å². The van der Waals surface area contributed by atoms with Crippen molar-refractivity contribution in [3.05, 3.63) is 28.7 Å². The molecular formula is C16H26BrNO. The number of ether oxygens (including phenoxy) is 1. The zero-order valence-electron chi connectivity index (χ0n) is 12.2. The molecule has 0 unspecified atom stereocenters. The van der Waals surface area contributed by atoms with Gasteiger partial charge in [-0.25, -0.2) is 0 Å². The standard InChI is InChI=1S/C16H26BrNO/c1-3-18(4-2)13-7-5-6-8-14-19-16-11-9-15(17)10-12-16/h9-12H,3-8,13-14H2,1-2H3. The number of nitrogens with zero attached hydrogens (tertiary/aromatic N) is 1. The molecule has 0 aromatic heterocycles. The highest BCUT2D eigenvalue weighted by molar-refractivity contribution is 9.10. The summed E-state index contributed by atoms with van der Waals surface area (Å²) in [6.07, 6.45) is 5.02. The Labute approximate surface area is 126 Å². The molecule has 0 fully saturated rings. The number of hydrogen-bond donors (Lipinski definition) is 0. The van der Waals surface area contributed by atoms with Crippen molar-refractivity contribution in [1.82, 2.24) is 4.90 Å². The predicted molar refractivity (Wildman–Crippen MR) is 85.9 cm³/mol. The molecular weight excluding hydrogens is 302 g/mol. The lowest BCUT2D eigenvalue weighted by molar-refractivity contribution is 0.284. The van der Waals surface area contributed by atoms with Crippen LogP contribution in [0.15, 0.2) is 28.7 Å². The summed E-state index contributed by atoms with van der Waals surface area (Å²) in [7, 11) is 0. The lowest BCUT2D eigenvalue weighted by Crippen LogP contribution is -2.23. The Morgan fingerprint density at radius 2 is 1.58 bits per heavy atom. The monoisotopic (exact) mass is 327 g/mol. The van der Waals surface area contributed by atoms with Crippen molar-refractivity contribution in [1.29, 1.82) is 0 Å². The summed E-state index contributed by atoms with van der Waals surface area (Å²) in [5, 5.41) is 0. The molecule has 0 amide bonds. The number of benzene rings is 1. The Hall–Kier alpha value is -0.540.